The highest BCUT2D eigenvalue weighted by Gasteiger charge is 2.48. The van der Waals surface area contributed by atoms with E-state index in [-0.39, 0.29) is 18.6 Å². The molecular formula is C11H17N3O2. The Hall–Kier alpha value is -0.940. The molecule has 5 heteroatoms. The van der Waals surface area contributed by atoms with Crippen molar-refractivity contribution in [2.75, 3.05) is 6.61 Å². The van der Waals surface area contributed by atoms with Crippen LogP contribution in [0.25, 0.3) is 0 Å². The smallest absolute Gasteiger partial charge is 0.231 e. The lowest BCUT2D eigenvalue weighted by Gasteiger charge is -2.24. The second kappa shape index (κ2) is 3.82. The lowest BCUT2D eigenvalue weighted by molar-refractivity contribution is 0.274. The molecule has 2 bridgehead atoms. The number of hydrogen-bond donors (Lipinski definition) is 2. The van der Waals surface area contributed by atoms with Crippen LogP contribution >= 0.6 is 0 Å². The Balaban J connectivity index is 1.81. The average molecular weight is 223 g/mol. The van der Waals surface area contributed by atoms with Crippen molar-refractivity contribution < 1.29 is 9.63 Å². The number of fused-ring (bicyclic) bond motifs is 2. The van der Waals surface area contributed by atoms with Crippen LogP contribution in [-0.4, -0.2) is 27.9 Å². The highest BCUT2D eigenvalue weighted by molar-refractivity contribution is 5.11. The number of rotatable bonds is 3. The molecule has 2 aliphatic carbocycles. The molecule has 4 unspecified atom stereocenters. The normalized spacial score (nSPS) is 37.1. The van der Waals surface area contributed by atoms with Gasteiger partial charge in [-0.15, -0.1) is 0 Å². The number of nitrogens with zero attached hydrogens (tertiary/aromatic N) is 2. The maximum Gasteiger partial charge on any atom is 0.231 e. The first kappa shape index (κ1) is 10.2. The van der Waals surface area contributed by atoms with Crippen LogP contribution in [0.2, 0.25) is 0 Å². The molecule has 0 radical (unpaired) electrons. The van der Waals surface area contributed by atoms with Gasteiger partial charge < -0.3 is 15.4 Å². The highest BCUT2D eigenvalue weighted by Crippen LogP contribution is 2.51. The largest absolute Gasteiger partial charge is 0.396 e. The molecule has 5 nitrogen and oxygen atoms in total. The Bertz CT molecular complexity index is 377. The van der Waals surface area contributed by atoms with Crippen molar-refractivity contribution >= 4 is 0 Å². The van der Waals surface area contributed by atoms with E-state index < -0.39 is 0 Å². The van der Waals surface area contributed by atoms with Gasteiger partial charge >= 0.3 is 0 Å². The predicted octanol–water partition coefficient (Wildman–Crippen LogP) is 0.445. The van der Waals surface area contributed by atoms with Crippen molar-refractivity contribution in [2.24, 2.45) is 17.6 Å². The van der Waals surface area contributed by atoms with Gasteiger partial charge in [0.1, 0.15) is 0 Å². The van der Waals surface area contributed by atoms with Gasteiger partial charge in [-0.3, -0.25) is 0 Å². The van der Waals surface area contributed by atoms with Gasteiger partial charge in [0.15, 0.2) is 5.82 Å². The predicted molar refractivity (Wildman–Crippen MR) is 56.6 cm³/mol. The van der Waals surface area contributed by atoms with Crippen LogP contribution in [-0.2, 0) is 6.42 Å². The molecule has 0 spiro atoms. The molecule has 0 amide bonds. The Morgan fingerprint density at radius 1 is 1.38 bits per heavy atom. The van der Waals surface area contributed by atoms with E-state index in [1.807, 2.05) is 0 Å². The number of hydrogen-bond acceptors (Lipinski definition) is 5. The molecule has 1 heterocycles. The van der Waals surface area contributed by atoms with Gasteiger partial charge in [-0.05, 0) is 31.1 Å². The zero-order valence-electron chi connectivity index (χ0n) is 9.17. The lowest BCUT2D eigenvalue weighted by Crippen LogP contribution is -2.34. The molecule has 2 aliphatic rings. The van der Waals surface area contributed by atoms with E-state index in [1.54, 1.807) is 0 Å². The van der Waals surface area contributed by atoms with Crippen molar-refractivity contribution in [3.05, 3.63) is 11.7 Å². The zero-order valence-corrected chi connectivity index (χ0v) is 9.17. The number of nitrogens with two attached hydrogens (primary N) is 1. The average Bonchev–Trinajstić information content (AvgIpc) is 2.93. The fourth-order valence-corrected chi connectivity index (χ4v) is 3.31. The maximum absolute atomic E-state index is 8.81. The third-order valence-electron chi connectivity index (χ3n) is 4.08. The molecule has 1 aromatic rings. The molecule has 2 saturated carbocycles. The van der Waals surface area contributed by atoms with Gasteiger partial charge in [-0.2, -0.15) is 4.98 Å². The van der Waals surface area contributed by atoms with Crippen LogP contribution in [0, 0.1) is 11.8 Å². The Kier molecular flexibility index (Phi) is 2.44. The van der Waals surface area contributed by atoms with E-state index in [0.717, 1.165) is 0 Å². The minimum absolute atomic E-state index is 0.0573. The monoisotopic (exact) mass is 223 g/mol. The SMILES string of the molecule is NC1C2CCC(C2)C1c1nc(CCO)no1. The van der Waals surface area contributed by atoms with Crippen LogP contribution < -0.4 is 5.73 Å². The van der Waals surface area contributed by atoms with E-state index in [4.69, 9.17) is 15.4 Å². The number of aliphatic hydroxyl groups is 1. The number of aliphatic hydroxyl groups excluding tert-OH is 1. The molecular weight excluding hydrogens is 206 g/mol. The Morgan fingerprint density at radius 2 is 2.19 bits per heavy atom. The molecule has 3 rings (SSSR count). The molecule has 4 atom stereocenters. The summed E-state index contributed by atoms with van der Waals surface area (Å²) < 4.78 is 5.27. The van der Waals surface area contributed by atoms with Gasteiger partial charge in [0.25, 0.3) is 0 Å². The molecule has 88 valence electrons. The van der Waals surface area contributed by atoms with Crippen LogP contribution in [0.4, 0.5) is 0 Å². The van der Waals surface area contributed by atoms with E-state index in [9.17, 15) is 0 Å². The summed E-state index contributed by atoms with van der Waals surface area (Å²) in [6.07, 6.45) is 4.16. The molecule has 0 saturated heterocycles. The minimum Gasteiger partial charge on any atom is -0.396 e. The molecule has 0 aromatic carbocycles. The van der Waals surface area contributed by atoms with Crippen LogP contribution in [0.5, 0.6) is 0 Å². The standard InChI is InChI=1S/C11H17N3O2/c12-10-7-2-1-6(5-7)9(10)11-13-8(3-4-15)14-16-11/h6-7,9-10,15H,1-5,12H2. The van der Waals surface area contributed by atoms with Crippen LogP contribution in [0.15, 0.2) is 4.52 Å². The molecule has 1 aromatic heterocycles. The van der Waals surface area contributed by atoms with Crippen LogP contribution in [0.3, 0.4) is 0 Å². The summed E-state index contributed by atoms with van der Waals surface area (Å²) in [6.45, 7) is 0.0573. The summed E-state index contributed by atoms with van der Waals surface area (Å²) in [5.74, 6) is 2.79. The summed E-state index contributed by atoms with van der Waals surface area (Å²) in [5.41, 5.74) is 6.20. The summed E-state index contributed by atoms with van der Waals surface area (Å²) >= 11 is 0. The Labute approximate surface area is 94.0 Å². The molecule has 2 fully saturated rings. The maximum atomic E-state index is 8.81. The second-order valence-electron chi connectivity index (χ2n) is 4.96. The van der Waals surface area contributed by atoms with Gasteiger partial charge in [0.2, 0.25) is 5.89 Å². The van der Waals surface area contributed by atoms with Crippen molar-refractivity contribution in [1.29, 1.82) is 0 Å². The third kappa shape index (κ3) is 1.46. The zero-order chi connectivity index (χ0) is 11.1. The van der Waals surface area contributed by atoms with Crippen molar-refractivity contribution in [2.45, 2.75) is 37.6 Å². The van der Waals surface area contributed by atoms with Gasteiger partial charge in [0.05, 0.1) is 12.5 Å². The minimum atomic E-state index is 0.0573. The summed E-state index contributed by atoms with van der Waals surface area (Å²) in [5, 5.41) is 12.7. The van der Waals surface area contributed by atoms with E-state index >= 15 is 0 Å². The highest BCUT2D eigenvalue weighted by atomic mass is 16.5. The topological polar surface area (TPSA) is 85.2 Å². The first-order chi connectivity index (χ1) is 7.79. The Morgan fingerprint density at radius 3 is 2.88 bits per heavy atom. The fourth-order valence-electron chi connectivity index (χ4n) is 3.31. The quantitative estimate of drug-likeness (QED) is 0.777. The lowest BCUT2D eigenvalue weighted by atomic mass is 9.85. The summed E-state index contributed by atoms with van der Waals surface area (Å²) in [7, 11) is 0. The van der Waals surface area contributed by atoms with E-state index in [0.29, 0.717) is 30.0 Å². The second-order valence-corrected chi connectivity index (χ2v) is 4.96. The summed E-state index contributed by atoms with van der Waals surface area (Å²) in [6, 6.07) is 0.182. The van der Waals surface area contributed by atoms with Gasteiger partial charge in [0, 0.05) is 12.5 Å². The molecule has 16 heavy (non-hydrogen) atoms. The third-order valence-corrected chi connectivity index (χ3v) is 4.08. The first-order valence-electron chi connectivity index (χ1n) is 5.98. The fraction of sp³-hybridized carbons (Fsp3) is 0.818. The van der Waals surface area contributed by atoms with Gasteiger partial charge in [-0.25, -0.2) is 0 Å². The molecule has 0 aliphatic heterocycles. The van der Waals surface area contributed by atoms with E-state index in [2.05, 4.69) is 10.1 Å². The van der Waals surface area contributed by atoms with Crippen molar-refractivity contribution in [3.63, 3.8) is 0 Å². The first-order valence-corrected chi connectivity index (χ1v) is 5.98. The van der Waals surface area contributed by atoms with Crippen LogP contribution in [0.1, 0.15) is 36.9 Å². The van der Waals surface area contributed by atoms with E-state index in [1.165, 1.54) is 19.3 Å². The van der Waals surface area contributed by atoms with Crippen molar-refractivity contribution in [1.82, 2.24) is 10.1 Å². The summed E-state index contributed by atoms with van der Waals surface area (Å²) in [4.78, 5) is 4.33. The van der Waals surface area contributed by atoms with Crippen molar-refractivity contribution in [3.8, 4) is 0 Å². The molecule has 3 N–H and O–H groups in total. The number of aromatic nitrogens is 2. The van der Waals surface area contributed by atoms with Gasteiger partial charge in [-0.1, -0.05) is 5.16 Å².